The highest BCUT2D eigenvalue weighted by Crippen LogP contribution is 2.40. The molecule has 0 bridgehead atoms. The fraction of sp³-hybridized carbons (Fsp3) is 0.450. The maximum absolute atomic E-state index is 12.9. The van der Waals surface area contributed by atoms with Crippen LogP contribution in [-0.4, -0.2) is 61.3 Å². The van der Waals surface area contributed by atoms with E-state index < -0.39 is 0 Å². The number of aromatic nitrogens is 1. The summed E-state index contributed by atoms with van der Waals surface area (Å²) in [6.45, 7) is 6.37. The fourth-order valence-corrected chi connectivity index (χ4v) is 4.49. The number of carbonyl (C=O) groups is 1. The fourth-order valence-electron chi connectivity index (χ4n) is 4.49. The summed E-state index contributed by atoms with van der Waals surface area (Å²) < 4.78 is 0. The molecule has 2 aliphatic rings. The van der Waals surface area contributed by atoms with Crippen LogP contribution in [0.25, 0.3) is 16.5 Å². The van der Waals surface area contributed by atoms with Crippen molar-refractivity contribution in [1.82, 2.24) is 14.8 Å². The number of amides is 1. The van der Waals surface area contributed by atoms with Gasteiger partial charge in [0.25, 0.3) is 0 Å². The Morgan fingerprint density at radius 2 is 2.12 bits per heavy atom. The molecule has 4 rings (SSSR count). The van der Waals surface area contributed by atoms with E-state index in [-0.39, 0.29) is 17.9 Å². The Morgan fingerprint density at radius 1 is 1.36 bits per heavy atom. The summed E-state index contributed by atoms with van der Waals surface area (Å²) in [4.78, 5) is 20.5. The van der Waals surface area contributed by atoms with Gasteiger partial charge >= 0.3 is 0 Å². The Labute approximate surface area is 150 Å². The Kier molecular flexibility index (Phi) is 3.99. The maximum Gasteiger partial charge on any atom is 0.230 e. The number of benzene rings is 1. The minimum atomic E-state index is -0.0794. The van der Waals surface area contributed by atoms with Crippen LogP contribution in [-0.2, 0) is 11.2 Å². The first-order valence-corrected chi connectivity index (χ1v) is 9.15. The van der Waals surface area contributed by atoms with E-state index in [1.165, 1.54) is 22.1 Å². The van der Waals surface area contributed by atoms with Gasteiger partial charge in [-0.05, 0) is 55.7 Å². The molecular weight excluding hydrogens is 309 g/mol. The standard InChI is InChI=1S/C20H24BN3O/c1-4-24(5-2)20(25)12-9-14-13-7-6-8-16-18(13)15(19(21)22-16)10-17(14)23(3)11-12/h6-9,12,17,22H,4-5,10-11H2,1-3H3/t12-,17?/m1/s1. The van der Waals surface area contributed by atoms with Gasteiger partial charge in [-0.15, -0.1) is 0 Å². The maximum atomic E-state index is 12.9. The first-order chi connectivity index (χ1) is 12.0. The number of nitrogens with zero attached hydrogens (tertiary/aromatic N) is 2. The molecule has 0 fully saturated rings. The molecule has 2 aromatic rings. The van der Waals surface area contributed by atoms with E-state index in [1.54, 1.807) is 0 Å². The van der Waals surface area contributed by atoms with E-state index in [1.807, 2.05) is 18.7 Å². The summed E-state index contributed by atoms with van der Waals surface area (Å²) in [5.41, 5.74) is 5.57. The average molecular weight is 333 g/mol. The van der Waals surface area contributed by atoms with Crippen molar-refractivity contribution in [2.24, 2.45) is 5.92 Å². The number of carbonyl (C=O) groups excluding carboxylic acids is 1. The predicted molar refractivity (Wildman–Crippen MR) is 103 cm³/mol. The van der Waals surface area contributed by atoms with Gasteiger partial charge in [0.1, 0.15) is 7.85 Å². The number of fused-ring (bicyclic) bond motifs is 2. The molecule has 1 aliphatic heterocycles. The van der Waals surface area contributed by atoms with Crippen molar-refractivity contribution in [2.75, 3.05) is 26.7 Å². The number of rotatable bonds is 3. The van der Waals surface area contributed by atoms with Gasteiger partial charge in [0.05, 0.1) is 5.92 Å². The topological polar surface area (TPSA) is 39.3 Å². The van der Waals surface area contributed by atoms with E-state index in [9.17, 15) is 4.79 Å². The van der Waals surface area contributed by atoms with Crippen molar-refractivity contribution < 1.29 is 4.79 Å². The van der Waals surface area contributed by atoms with Crippen molar-refractivity contribution in [2.45, 2.75) is 26.3 Å². The molecule has 0 saturated carbocycles. The third kappa shape index (κ3) is 2.44. The highest BCUT2D eigenvalue weighted by molar-refractivity contribution is 6.34. The van der Waals surface area contributed by atoms with Gasteiger partial charge in [-0.1, -0.05) is 18.2 Å². The van der Waals surface area contributed by atoms with E-state index in [0.717, 1.165) is 37.2 Å². The van der Waals surface area contributed by atoms with Crippen LogP contribution in [0.5, 0.6) is 0 Å². The highest BCUT2D eigenvalue weighted by Gasteiger charge is 2.36. The summed E-state index contributed by atoms with van der Waals surface area (Å²) in [5, 5.41) is 1.23. The average Bonchev–Trinajstić information content (AvgIpc) is 2.93. The smallest absolute Gasteiger partial charge is 0.230 e. The van der Waals surface area contributed by atoms with Crippen molar-refractivity contribution in [3.8, 4) is 0 Å². The number of hydrogen-bond acceptors (Lipinski definition) is 2. The molecule has 1 amide bonds. The second-order valence-corrected chi connectivity index (χ2v) is 7.14. The van der Waals surface area contributed by atoms with Gasteiger partial charge in [-0.3, -0.25) is 9.69 Å². The first kappa shape index (κ1) is 16.5. The second-order valence-electron chi connectivity index (χ2n) is 7.14. The van der Waals surface area contributed by atoms with Gasteiger partial charge in [0.2, 0.25) is 5.91 Å². The molecule has 2 atom stereocenters. The van der Waals surface area contributed by atoms with Crippen LogP contribution in [0.3, 0.4) is 0 Å². The summed E-state index contributed by atoms with van der Waals surface area (Å²) in [7, 11) is 8.35. The Balaban J connectivity index is 1.83. The lowest BCUT2D eigenvalue weighted by molar-refractivity contribution is -0.134. The lowest BCUT2D eigenvalue weighted by Gasteiger charge is -2.40. The second kappa shape index (κ2) is 6.06. The van der Waals surface area contributed by atoms with Gasteiger partial charge in [-0.25, -0.2) is 0 Å². The molecule has 1 aromatic heterocycles. The Morgan fingerprint density at radius 3 is 2.84 bits per heavy atom. The summed E-state index contributed by atoms with van der Waals surface area (Å²) in [5.74, 6) is 0.151. The van der Waals surface area contributed by atoms with Gasteiger partial charge in [0.15, 0.2) is 0 Å². The Bertz CT molecular complexity index is 865. The predicted octanol–water partition coefficient (Wildman–Crippen LogP) is 1.70. The van der Waals surface area contributed by atoms with Crippen molar-refractivity contribution in [3.63, 3.8) is 0 Å². The quantitative estimate of drug-likeness (QED) is 0.869. The van der Waals surface area contributed by atoms with E-state index >= 15 is 0 Å². The number of likely N-dealkylation sites (N-methyl/N-ethyl adjacent to an activating group) is 1. The van der Waals surface area contributed by atoms with Crippen LogP contribution in [0.4, 0.5) is 0 Å². The number of aromatic amines is 1. The van der Waals surface area contributed by atoms with E-state index in [2.05, 4.69) is 41.2 Å². The molecule has 1 aromatic carbocycles. The summed E-state index contributed by atoms with van der Waals surface area (Å²) in [6, 6.07) is 6.59. The van der Waals surface area contributed by atoms with Crippen LogP contribution >= 0.6 is 0 Å². The summed E-state index contributed by atoms with van der Waals surface area (Å²) in [6.07, 6.45) is 3.11. The van der Waals surface area contributed by atoms with E-state index in [4.69, 9.17) is 7.85 Å². The zero-order valence-corrected chi connectivity index (χ0v) is 15.2. The molecule has 128 valence electrons. The van der Waals surface area contributed by atoms with Crippen molar-refractivity contribution >= 4 is 35.8 Å². The lowest BCUT2D eigenvalue weighted by atomic mass is 9.77. The zero-order valence-electron chi connectivity index (χ0n) is 15.2. The molecule has 0 saturated heterocycles. The lowest BCUT2D eigenvalue weighted by Crippen LogP contribution is -2.48. The number of H-pyrrole nitrogens is 1. The SMILES string of the molecule is [B]c1[nH]c2cccc3c2c1CC1C3=C[C@@H](C(=O)N(CC)CC)CN1C. The normalized spacial score (nSPS) is 22.6. The number of nitrogens with one attached hydrogen (secondary N) is 1. The van der Waals surface area contributed by atoms with Crippen LogP contribution < -0.4 is 5.59 Å². The summed E-state index contributed by atoms with van der Waals surface area (Å²) >= 11 is 0. The molecule has 2 radical (unpaired) electrons. The van der Waals surface area contributed by atoms with Gasteiger partial charge < -0.3 is 9.88 Å². The zero-order chi connectivity index (χ0) is 17.7. The highest BCUT2D eigenvalue weighted by atomic mass is 16.2. The molecule has 25 heavy (non-hydrogen) atoms. The third-order valence-corrected chi connectivity index (χ3v) is 5.82. The van der Waals surface area contributed by atoms with Gasteiger partial charge in [-0.2, -0.15) is 0 Å². The van der Waals surface area contributed by atoms with Crippen LogP contribution in [0.1, 0.15) is 25.0 Å². The van der Waals surface area contributed by atoms with Gasteiger partial charge in [0, 0.05) is 36.6 Å². The molecule has 0 spiro atoms. The number of hydrogen-bond donors (Lipinski definition) is 1. The molecule has 1 N–H and O–H groups in total. The van der Waals surface area contributed by atoms with Crippen LogP contribution in [0.15, 0.2) is 24.3 Å². The third-order valence-electron chi connectivity index (χ3n) is 5.82. The van der Waals surface area contributed by atoms with Crippen LogP contribution in [0, 0.1) is 5.92 Å². The molecule has 5 heteroatoms. The largest absolute Gasteiger partial charge is 0.368 e. The molecular formula is C20H24BN3O. The van der Waals surface area contributed by atoms with E-state index in [0.29, 0.717) is 0 Å². The minimum Gasteiger partial charge on any atom is -0.368 e. The molecule has 1 unspecified atom stereocenters. The van der Waals surface area contributed by atoms with Crippen molar-refractivity contribution in [3.05, 3.63) is 35.4 Å². The Hall–Kier alpha value is -2.01. The van der Waals surface area contributed by atoms with Crippen LogP contribution in [0.2, 0.25) is 0 Å². The minimum absolute atomic E-state index is 0.0794. The molecule has 4 nitrogen and oxygen atoms in total. The first-order valence-electron chi connectivity index (χ1n) is 9.15. The van der Waals surface area contributed by atoms with Crippen molar-refractivity contribution in [1.29, 1.82) is 0 Å². The molecule has 1 aliphatic carbocycles. The molecule has 2 heterocycles. The monoisotopic (exact) mass is 333 g/mol.